The van der Waals surface area contributed by atoms with Crippen LogP contribution in [-0.2, 0) is 10.2 Å². The third kappa shape index (κ3) is 2.47. The summed E-state index contributed by atoms with van der Waals surface area (Å²) in [6, 6.07) is 29.1. The van der Waals surface area contributed by atoms with E-state index in [4.69, 9.17) is 5.41 Å². The van der Waals surface area contributed by atoms with Crippen LogP contribution in [-0.4, -0.2) is 18.7 Å². The van der Waals surface area contributed by atoms with Gasteiger partial charge in [0.05, 0.1) is 11.3 Å². The number of para-hydroxylation sites is 1. The van der Waals surface area contributed by atoms with Crippen molar-refractivity contribution in [2.75, 3.05) is 11.9 Å². The molecule has 1 aliphatic heterocycles. The fraction of sp³-hybridized carbons (Fsp3) is 0.0741. The Morgan fingerprint density at radius 2 is 1.55 bits per heavy atom. The lowest BCUT2D eigenvalue weighted by Crippen LogP contribution is -2.44. The van der Waals surface area contributed by atoms with Crippen LogP contribution in [0.15, 0.2) is 96.1 Å². The number of fused-ring (bicyclic) bond motifs is 2. The molecule has 0 saturated carbocycles. The van der Waals surface area contributed by atoms with E-state index in [1.54, 1.807) is 11.9 Å². The number of benzene rings is 3. The number of likely N-dealkylation sites (N-methyl/N-ethyl adjacent to an activating group) is 1. The van der Waals surface area contributed by atoms with Gasteiger partial charge in [0.2, 0.25) is 5.91 Å². The molecule has 1 aliphatic carbocycles. The number of anilines is 1. The number of amides is 1. The second-order valence-electron chi connectivity index (χ2n) is 7.70. The molecule has 0 fully saturated rings. The Morgan fingerprint density at radius 3 is 2.23 bits per heavy atom. The molecule has 1 unspecified atom stereocenters. The summed E-state index contributed by atoms with van der Waals surface area (Å²) in [7, 11) is 1.73. The predicted molar refractivity (Wildman–Crippen MR) is 123 cm³/mol. The summed E-state index contributed by atoms with van der Waals surface area (Å²) in [5, 5.41) is 19.2. The molecule has 3 aromatic carbocycles. The van der Waals surface area contributed by atoms with Crippen LogP contribution in [0.2, 0.25) is 0 Å². The van der Waals surface area contributed by atoms with E-state index in [9.17, 15) is 10.1 Å². The number of carbonyl (C=O) groups is 1. The van der Waals surface area contributed by atoms with Crippen LogP contribution < -0.4 is 4.90 Å². The van der Waals surface area contributed by atoms with Gasteiger partial charge in [0, 0.05) is 23.9 Å². The number of rotatable bonds is 2. The minimum absolute atomic E-state index is 0.0397. The number of hydrogen-bond donors (Lipinski definition) is 1. The summed E-state index contributed by atoms with van der Waals surface area (Å²) in [5.41, 5.74) is 3.52. The van der Waals surface area contributed by atoms with E-state index in [0.29, 0.717) is 11.1 Å². The molecule has 1 atom stereocenters. The standard InChI is InChI=1S/C27H19N3O/c1-30-23-15-9-8-14-21(23)27(26(30)31)22(16-18-10-4-2-5-11-18)24(20(17-28)25(27)29)19-12-6-3-7-13-19/h2-16,29H,1H3/b22-16+,29-25?. The van der Waals surface area contributed by atoms with Crippen LogP contribution in [0, 0.1) is 16.7 Å². The molecular weight excluding hydrogens is 382 g/mol. The number of nitrogens with zero attached hydrogens (tertiary/aromatic N) is 2. The third-order valence-electron chi connectivity index (χ3n) is 6.13. The molecule has 2 aliphatic rings. The topological polar surface area (TPSA) is 68.0 Å². The average Bonchev–Trinajstić information content (AvgIpc) is 3.20. The van der Waals surface area contributed by atoms with E-state index in [1.807, 2.05) is 91.0 Å². The number of allylic oxidation sites excluding steroid dienone is 2. The molecule has 148 valence electrons. The summed E-state index contributed by atoms with van der Waals surface area (Å²) in [5.74, 6) is -0.209. The Kier molecular flexibility index (Phi) is 4.20. The van der Waals surface area contributed by atoms with E-state index >= 15 is 0 Å². The van der Waals surface area contributed by atoms with Crippen molar-refractivity contribution in [3.05, 3.63) is 113 Å². The fourth-order valence-corrected chi connectivity index (χ4v) is 4.74. The monoisotopic (exact) mass is 401 g/mol. The highest BCUT2D eigenvalue weighted by atomic mass is 16.2. The maximum Gasteiger partial charge on any atom is 0.248 e. The number of hydrogen-bond acceptors (Lipinski definition) is 3. The first-order chi connectivity index (χ1) is 15.1. The van der Waals surface area contributed by atoms with Gasteiger partial charge in [-0.25, -0.2) is 0 Å². The SMILES string of the molecule is CN1C(=O)C2(C(=N)C(C#N)=C(c3ccccc3)/C2=C\c2ccccc2)c2ccccc21. The number of carbonyl (C=O) groups excluding carboxylic acids is 1. The lowest BCUT2D eigenvalue weighted by Gasteiger charge is -2.27. The molecule has 4 nitrogen and oxygen atoms in total. The number of nitriles is 1. The molecule has 0 aromatic heterocycles. The van der Waals surface area contributed by atoms with Crippen molar-refractivity contribution in [2.24, 2.45) is 0 Å². The molecule has 5 rings (SSSR count). The van der Waals surface area contributed by atoms with Crippen LogP contribution in [0.1, 0.15) is 16.7 Å². The quantitative estimate of drug-likeness (QED) is 0.657. The average molecular weight is 401 g/mol. The molecule has 0 radical (unpaired) electrons. The second kappa shape index (κ2) is 6.93. The Morgan fingerprint density at radius 1 is 0.935 bits per heavy atom. The van der Waals surface area contributed by atoms with Gasteiger partial charge >= 0.3 is 0 Å². The van der Waals surface area contributed by atoms with Crippen molar-refractivity contribution in [3.8, 4) is 6.07 Å². The van der Waals surface area contributed by atoms with Gasteiger partial charge in [-0.3, -0.25) is 4.79 Å². The first-order valence-electron chi connectivity index (χ1n) is 10.0. The van der Waals surface area contributed by atoms with Gasteiger partial charge in [0.25, 0.3) is 0 Å². The summed E-state index contributed by atoms with van der Waals surface area (Å²) < 4.78 is 0. The van der Waals surface area contributed by atoms with Crippen molar-refractivity contribution < 1.29 is 4.79 Å². The van der Waals surface area contributed by atoms with Crippen LogP contribution >= 0.6 is 0 Å². The van der Waals surface area contributed by atoms with Gasteiger partial charge in [0.15, 0.2) is 0 Å². The maximum absolute atomic E-state index is 13.8. The zero-order valence-corrected chi connectivity index (χ0v) is 17.0. The Hall–Kier alpha value is -4.23. The van der Waals surface area contributed by atoms with Gasteiger partial charge in [-0.05, 0) is 28.8 Å². The van der Waals surface area contributed by atoms with Crippen LogP contribution in [0.3, 0.4) is 0 Å². The summed E-state index contributed by atoms with van der Waals surface area (Å²) in [4.78, 5) is 15.4. The van der Waals surface area contributed by atoms with Crippen LogP contribution in [0.4, 0.5) is 5.69 Å². The van der Waals surface area contributed by atoms with Crippen molar-refractivity contribution in [2.45, 2.75) is 5.41 Å². The van der Waals surface area contributed by atoms with Gasteiger partial charge < -0.3 is 10.3 Å². The molecule has 0 saturated heterocycles. The Balaban J connectivity index is 1.90. The van der Waals surface area contributed by atoms with Crippen LogP contribution in [0.25, 0.3) is 11.6 Å². The highest BCUT2D eigenvalue weighted by Gasteiger charge is 2.60. The summed E-state index contributed by atoms with van der Waals surface area (Å²) in [6.07, 6.45) is 1.95. The van der Waals surface area contributed by atoms with Crippen molar-refractivity contribution >= 4 is 29.0 Å². The predicted octanol–water partition coefficient (Wildman–Crippen LogP) is 5.00. The lowest BCUT2D eigenvalue weighted by atomic mass is 9.72. The molecule has 1 heterocycles. The second-order valence-corrected chi connectivity index (χ2v) is 7.70. The molecule has 31 heavy (non-hydrogen) atoms. The van der Waals surface area contributed by atoms with Crippen molar-refractivity contribution in [1.82, 2.24) is 0 Å². The van der Waals surface area contributed by atoms with Gasteiger partial charge in [-0.15, -0.1) is 0 Å². The van der Waals surface area contributed by atoms with E-state index in [-0.39, 0.29) is 17.2 Å². The highest BCUT2D eigenvalue weighted by Crippen LogP contribution is 2.56. The molecule has 1 spiro atoms. The van der Waals surface area contributed by atoms with Gasteiger partial charge in [0.1, 0.15) is 11.5 Å². The zero-order valence-electron chi connectivity index (χ0n) is 17.0. The fourth-order valence-electron chi connectivity index (χ4n) is 4.74. The maximum atomic E-state index is 13.8. The molecular formula is C27H19N3O. The van der Waals surface area contributed by atoms with E-state index in [0.717, 1.165) is 22.4 Å². The molecule has 1 N–H and O–H groups in total. The third-order valence-corrected chi connectivity index (χ3v) is 6.13. The zero-order chi connectivity index (χ0) is 21.6. The Labute approximate surface area is 180 Å². The Bertz CT molecular complexity index is 1330. The minimum Gasteiger partial charge on any atom is -0.314 e. The largest absolute Gasteiger partial charge is 0.314 e. The minimum atomic E-state index is -1.34. The smallest absolute Gasteiger partial charge is 0.248 e. The van der Waals surface area contributed by atoms with Crippen LogP contribution in [0.5, 0.6) is 0 Å². The van der Waals surface area contributed by atoms with Gasteiger partial charge in [-0.2, -0.15) is 5.26 Å². The lowest BCUT2D eigenvalue weighted by molar-refractivity contribution is -0.119. The summed E-state index contributed by atoms with van der Waals surface area (Å²) in [6.45, 7) is 0. The van der Waals surface area contributed by atoms with E-state index in [2.05, 4.69) is 6.07 Å². The first-order valence-corrected chi connectivity index (χ1v) is 10.0. The molecule has 0 bridgehead atoms. The highest BCUT2D eigenvalue weighted by molar-refractivity contribution is 6.38. The molecule has 3 aromatic rings. The van der Waals surface area contributed by atoms with E-state index < -0.39 is 5.41 Å². The molecule has 1 amide bonds. The normalized spacial score (nSPS) is 21.2. The van der Waals surface area contributed by atoms with E-state index in [1.165, 1.54) is 0 Å². The van der Waals surface area contributed by atoms with Gasteiger partial charge in [-0.1, -0.05) is 78.9 Å². The van der Waals surface area contributed by atoms with Crippen molar-refractivity contribution in [1.29, 1.82) is 10.7 Å². The first kappa shape index (κ1) is 18.8. The summed E-state index contributed by atoms with van der Waals surface area (Å²) >= 11 is 0. The molecule has 4 heteroatoms. The number of nitrogens with one attached hydrogen (secondary N) is 1. The van der Waals surface area contributed by atoms with Crippen molar-refractivity contribution in [3.63, 3.8) is 0 Å².